The smallest absolute Gasteiger partial charge is 0.227 e. The van der Waals surface area contributed by atoms with Crippen LogP contribution in [0.25, 0.3) is 98.7 Å². The molecule has 3 nitrogen and oxygen atoms in total. The highest BCUT2D eigenvalue weighted by Crippen LogP contribution is 2.41. The minimum atomic E-state index is 0.652. The van der Waals surface area contributed by atoms with E-state index in [9.17, 15) is 0 Å². The van der Waals surface area contributed by atoms with Gasteiger partial charge in [-0.2, -0.15) is 0 Å². The van der Waals surface area contributed by atoms with Gasteiger partial charge >= 0.3 is 0 Å². The Balaban J connectivity index is 0.952. The number of pyridine rings is 1. The van der Waals surface area contributed by atoms with Crippen LogP contribution >= 0.6 is 0 Å². The van der Waals surface area contributed by atoms with Gasteiger partial charge in [-0.15, -0.1) is 0 Å². The van der Waals surface area contributed by atoms with Gasteiger partial charge in [0.2, 0.25) is 5.71 Å². The Morgan fingerprint density at radius 3 is 1.42 bits per heavy atom. The summed E-state index contributed by atoms with van der Waals surface area (Å²) in [5, 5.41) is 11.9. The van der Waals surface area contributed by atoms with Gasteiger partial charge in [0.15, 0.2) is 0 Å². The van der Waals surface area contributed by atoms with Gasteiger partial charge in [0.1, 0.15) is 5.58 Å². The van der Waals surface area contributed by atoms with Crippen molar-refractivity contribution in [2.24, 2.45) is 0 Å². The normalized spacial score (nSPS) is 11.7. The van der Waals surface area contributed by atoms with Gasteiger partial charge in [-0.05, 0) is 132 Å². The molecule has 280 valence electrons. The first-order valence-electron chi connectivity index (χ1n) is 20.4. The summed E-state index contributed by atoms with van der Waals surface area (Å²) in [4.78, 5) is 7.31. The number of para-hydroxylation sites is 1. The van der Waals surface area contributed by atoms with Crippen molar-refractivity contribution in [1.82, 2.24) is 4.98 Å². The Labute approximate surface area is 347 Å². The molecule has 0 atom stereocenters. The Morgan fingerprint density at radius 2 is 0.800 bits per heavy atom. The lowest BCUT2D eigenvalue weighted by atomic mass is 9.95. The molecular weight excluding hydrogens is 729 g/mol. The Bertz CT molecular complexity index is 3450. The average molecular weight is 765 g/mol. The third kappa shape index (κ3) is 5.79. The number of anilines is 3. The predicted octanol–water partition coefficient (Wildman–Crippen LogP) is 16.1. The third-order valence-electron chi connectivity index (χ3n) is 12.0. The van der Waals surface area contributed by atoms with Gasteiger partial charge in [-0.25, -0.2) is 4.98 Å². The van der Waals surface area contributed by atoms with E-state index in [4.69, 9.17) is 9.40 Å². The van der Waals surface area contributed by atoms with Crippen LogP contribution in [0, 0.1) is 0 Å². The van der Waals surface area contributed by atoms with Crippen molar-refractivity contribution in [2.45, 2.75) is 0 Å². The molecule has 0 fully saturated rings. The summed E-state index contributed by atoms with van der Waals surface area (Å²) in [6.45, 7) is 0. The standard InChI is InChI=1S/C57H36N2O/c1-3-13-49-37(9-1)11-7-16-51(49)44-21-19-42-35-47(29-25-40(42)33-44)59(46-27-23-39(24-28-46)55-32-31-54-53-15-5-6-18-56(53)60-57(54)58-55)48-30-26-41-34-45(22-20-43(41)36-48)52-17-8-12-38-10-2-4-14-50(38)52/h1-36H. The maximum absolute atomic E-state index is 6.15. The Kier molecular flexibility index (Phi) is 7.85. The van der Waals surface area contributed by atoms with Gasteiger partial charge in [-0.3, -0.25) is 0 Å². The molecule has 0 unspecified atom stereocenters. The van der Waals surface area contributed by atoms with E-state index in [0.717, 1.165) is 44.7 Å². The molecule has 2 aromatic heterocycles. The lowest BCUT2D eigenvalue weighted by Crippen LogP contribution is -2.10. The van der Waals surface area contributed by atoms with Crippen molar-refractivity contribution >= 4 is 82.2 Å². The van der Waals surface area contributed by atoms with Crippen LogP contribution in [-0.4, -0.2) is 4.98 Å². The molecule has 0 saturated heterocycles. The second kappa shape index (κ2) is 13.8. The fourth-order valence-corrected chi connectivity index (χ4v) is 9.03. The largest absolute Gasteiger partial charge is 0.438 e. The van der Waals surface area contributed by atoms with Crippen LogP contribution in [0.4, 0.5) is 17.1 Å². The first-order chi connectivity index (χ1) is 29.7. The topological polar surface area (TPSA) is 29.3 Å². The molecule has 0 saturated carbocycles. The molecule has 10 aromatic carbocycles. The van der Waals surface area contributed by atoms with Gasteiger partial charge in [-0.1, -0.05) is 152 Å². The monoisotopic (exact) mass is 764 g/mol. The molecular formula is C57H36N2O. The summed E-state index contributed by atoms with van der Waals surface area (Å²) in [6.07, 6.45) is 0. The lowest BCUT2D eigenvalue weighted by molar-refractivity contribution is 0.654. The molecule has 12 rings (SSSR count). The van der Waals surface area contributed by atoms with Crippen molar-refractivity contribution in [3.8, 4) is 33.5 Å². The molecule has 0 spiro atoms. The number of hydrogen-bond donors (Lipinski definition) is 0. The summed E-state index contributed by atoms with van der Waals surface area (Å²) in [7, 11) is 0. The number of hydrogen-bond acceptors (Lipinski definition) is 3. The van der Waals surface area contributed by atoms with Crippen LogP contribution in [0.2, 0.25) is 0 Å². The summed E-state index contributed by atoms with van der Waals surface area (Å²) in [5.41, 5.74) is 11.6. The highest BCUT2D eigenvalue weighted by atomic mass is 16.3. The van der Waals surface area contributed by atoms with Crippen LogP contribution in [0.1, 0.15) is 0 Å². The SMILES string of the molecule is c1ccc2c(-c3ccc4cc(N(c5ccc(-c6ccc7c(n6)oc6ccccc67)cc5)c5ccc6cc(-c7cccc8ccccc78)ccc6c5)ccc4c3)cccc2c1. The van der Waals surface area contributed by atoms with Crippen LogP contribution in [0.3, 0.4) is 0 Å². The molecule has 3 heteroatoms. The highest BCUT2D eigenvalue weighted by Gasteiger charge is 2.17. The van der Waals surface area contributed by atoms with Crippen LogP contribution in [0.15, 0.2) is 223 Å². The van der Waals surface area contributed by atoms with Crippen molar-refractivity contribution < 1.29 is 4.42 Å². The Morgan fingerprint density at radius 1 is 0.317 bits per heavy atom. The lowest BCUT2D eigenvalue weighted by Gasteiger charge is -2.26. The minimum Gasteiger partial charge on any atom is -0.438 e. The fourth-order valence-electron chi connectivity index (χ4n) is 9.03. The van der Waals surface area contributed by atoms with Crippen molar-refractivity contribution in [3.05, 3.63) is 218 Å². The van der Waals surface area contributed by atoms with Gasteiger partial charge < -0.3 is 9.32 Å². The molecule has 0 aliphatic carbocycles. The van der Waals surface area contributed by atoms with Crippen molar-refractivity contribution in [2.75, 3.05) is 4.90 Å². The van der Waals surface area contributed by atoms with E-state index >= 15 is 0 Å². The maximum Gasteiger partial charge on any atom is 0.227 e. The highest BCUT2D eigenvalue weighted by molar-refractivity contribution is 6.05. The number of benzene rings is 10. The van der Waals surface area contributed by atoms with Crippen LogP contribution < -0.4 is 4.90 Å². The zero-order chi connectivity index (χ0) is 39.6. The molecule has 0 N–H and O–H groups in total. The summed E-state index contributed by atoms with van der Waals surface area (Å²) in [6, 6.07) is 78.6. The molecule has 0 aliphatic heterocycles. The van der Waals surface area contributed by atoms with E-state index in [0.29, 0.717) is 5.71 Å². The molecule has 0 bridgehead atoms. The van der Waals surface area contributed by atoms with E-state index in [-0.39, 0.29) is 0 Å². The molecule has 0 amide bonds. The molecule has 60 heavy (non-hydrogen) atoms. The van der Waals surface area contributed by atoms with Gasteiger partial charge in [0.25, 0.3) is 0 Å². The number of aromatic nitrogens is 1. The summed E-state index contributed by atoms with van der Waals surface area (Å²) < 4.78 is 6.15. The molecule has 0 radical (unpaired) electrons. The second-order valence-corrected chi connectivity index (χ2v) is 15.6. The van der Waals surface area contributed by atoms with Crippen molar-refractivity contribution in [3.63, 3.8) is 0 Å². The van der Waals surface area contributed by atoms with E-state index in [1.807, 2.05) is 18.2 Å². The maximum atomic E-state index is 6.15. The Hall–Kier alpha value is -8.01. The summed E-state index contributed by atoms with van der Waals surface area (Å²) >= 11 is 0. The zero-order valence-electron chi connectivity index (χ0n) is 32.6. The molecule has 12 aromatic rings. The van der Waals surface area contributed by atoms with Crippen molar-refractivity contribution in [1.29, 1.82) is 0 Å². The van der Waals surface area contributed by atoms with Crippen LogP contribution in [0.5, 0.6) is 0 Å². The van der Waals surface area contributed by atoms with Gasteiger partial charge in [0.05, 0.1) is 5.69 Å². The van der Waals surface area contributed by atoms with E-state index < -0.39 is 0 Å². The van der Waals surface area contributed by atoms with Gasteiger partial charge in [0, 0.05) is 33.4 Å². The van der Waals surface area contributed by atoms with Crippen LogP contribution in [-0.2, 0) is 0 Å². The zero-order valence-corrected chi connectivity index (χ0v) is 32.6. The minimum absolute atomic E-state index is 0.652. The number of furan rings is 1. The first-order valence-corrected chi connectivity index (χ1v) is 20.4. The summed E-state index contributed by atoms with van der Waals surface area (Å²) in [5.74, 6) is 0. The van der Waals surface area contributed by atoms with E-state index in [1.54, 1.807) is 0 Å². The van der Waals surface area contributed by atoms with E-state index in [1.165, 1.54) is 65.3 Å². The molecule has 2 heterocycles. The number of nitrogens with zero attached hydrogens (tertiary/aromatic N) is 2. The van der Waals surface area contributed by atoms with E-state index in [2.05, 4.69) is 205 Å². The molecule has 0 aliphatic rings. The second-order valence-electron chi connectivity index (χ2n) is 15.6. The third-order valence-corrected chi connectivity index (χ3v) is 12.0. The average Bonchev–Trinajstić information content (AvgIpc) is 3.69. The number of fused-ring (bicyclic) bond motifs is 7. The first kappa shape index (κ1) is 34.1. The number of rotatable bonds is 6. The quantitative estimate of drug-likeness (QED) is 0.169. The predicted molar refractivity (Wildman–Crippen MR) is 253 cm³/mol. The fraction of sp³-hybridized carbons (Fsp3) is 0.